The summed E-state index contributed by atoms with van der Waals surface area (Å²) in [7, 11) is 0. The van der Waals surface area contributed by atoms with Crippen LogP contribution in [0.4, 0.5) is 10.2 Å². The molecular weight excluding hydrogens is 445 g/mol. The molecule has 2 aromatic carbocycles. The molecule has 0 saturated carbocycles. The molecule has 8 heteroatoms. The Hall–Kier alpha value is -3.99. The Labute approximate surface area is 203 Å². The van der Waals surface area contributed by atoms with Crippen molar-refractivity contribution in [2.75, 3.05) is 37.7 Å². The number of benzene rings is 2. The van der Waals surface area contributed by atoms with E-state index in [1.807, 2.05) is 12.1 Å². The van der Waals surface area contributed by atoms with Crippen LogP contribution in [-0.2, 0) is 11.2 Å². The highest BCUT2D eigenvalue weighted by molar-refractivity contribution is 6.00. The van der Waals surface area contributed by atoms with E-state index in [-0.39, 0.29) is 24.3 Å². The van der Waals surface area contributed by atoms with Crippen LogP contribution in [0.3, 0.4) is 0 Å². The van der Waals surface area contributed by atoms with Crippen molar-refractivity contribution in [3.05, 3.63) is 71.6 Å². The average molecular weight is 472 g/mol. The van der Waals surface area contributed by atoms with Gasteiger partial charge in [0.25, 0.3) is 0 Å². The van der Waals surface area contributed by atoms with Crippen LogP contribution in [0.2, 0.25) is 0 Å². The largest absolute Gasteiger partial charge is 0.492 e. The van der Waals surface area contributed by atoms with Crippen LogP contribution >= 0.6 is 0 Å². The maximum absolute atomic E-state index is 15.1. The first-order valence-corrected chi connectivity index (χ1v) is 11.7. The second-order valence-electron chi connectivity index (χ2n) is 8.89. The van der Waals surface area contributed by atoms with Gasteiger partial charge in [0, 0.05) is 30.8 Å². The van der Waals surface area contributed by atoms with Gasteiger partial charge >= 0.3 is 0 Å². The van der Waals surface area contributed by atoms with E-state index < -0.39 is 0 Å². The molecule has 0 N–H and O–H groups in total. The van der Waals surface area contributed by atoms with Crippen molar-refractivity contribution >= 4 is 22.6 Å². The van der Waals surface area contributed by atoms with Crippen LogP contribution in [0.5, 0.6) is 5.75 Å². The van der Waals surface area contributed by atoms with E-state index in [1.54, 1.807) is 24.0 Å². The SMILES string of the molecule is [C-]#[N+]C[C@H]1CN(c2ncnc3cc(-c4cccc(C)c4F)c4c(c23)OCCC4)CCN1C(=O)C=C. The van der Waals surface area contributed by atoms with Gasteiger partial charge in [0.05, 0.1) is 17.5 Å². The molecule has 1 saturated heterocycles. The topological polar surface area (TPSA) is 62.9 Å². The van der Waals surface area contributed by atoms with Gasteiger partial charge in [-0.05, 0) is 43.0 Å². The Bertz CT molecular complexity index is 1370. The van der Waals surface area contributed by atoms with E-state index >= 15 is 4.39 Å². The molecule has 178 valence electrons. The fourth-order valence-electron chi connectivity index (χ4n) is 5.10. The minimum atomic E-state index is -0.269. The fourth-order valence-corrected chi connectivity index (χ4v) is 5.10. The maximum atomic E-state index is 15.1. The van der Waals surface area contributed by atoms with Crippen LogP contribution in [0.1, 0.15) is 17.5 Å². The smallest absolute Gasteiger partial charge is 0.246 e. The summed E-state index contributed by atoms with van der Waals surface area (Å²) in [4.78, 5) is 28.8. The van der Waals surface area contributed by atoms with Gasteiger partial charge in [-0.3, -0.25) is 4.79 Å². The van der Waals surface area contributed by atoms with Gasteiger partial charge in [-0.1, -0.05) is 24.8 Å². The van der Waals surface area contributed by atoms with Crippen molar-refractivity contribution in [2.45, 2.75) is 25.8 Å². The van der Waals surface area contributed by atoms with Crippen LogP contribution < -0.4 is 9.64 Å². The van der Waals surface area contributed by atoms with Gasteiger partial charge in [-0.25, -0.2) is 20.9 Å². The molecule has 1 aromatic heterocycles. The minimum absolute atomic E-state index is 0.170. The lowest BCUT2D eigenvalue weighted by atomic mass is 9.91. The standard InChI is InChI=1S/C27H26FN5O2/c1-4-23(34)33-11-10-32(15-18(33)14-29-3)27-24-22(30-16-31-27)13-21(20-9-6-12-35-26(20)24)19-8-5-7-17(2)25(19)28/h4-5,7-8,13,16,18H,1,6,9-12,14-15H2,2H3/t18-/m0/s1. The highest BCUT2D eigenvalue weighted by atomic mass is 19.1. The van der Waals surface area contributed by atoms with Crippen molar-refractivity contribution in [1.82, 2.24) is 14.9 Å². The monoisotopic (exact) mass is 471 g/mol. The van der Waals surface area contributed by atoms with Gasteiger partial charge in [0.1, 0.15) is 29.8 Å². The van der Waals surface area contributed by atoms with E-state index in [4.69, 9.17) is 11.3 Å². The number of hydrogen-bond acceptors (Lipinski definition) is 5. The van der Waals surface area contributed by atoms with Crippen molar-refractivity contribution < 1.29 is 13.9 Å². The number of anilines is 1. The quantitative estimate of drug-likeness (QED) is 0.422. The van der Waals surface area contributed by atoms with Gasteiger partial charge in [-0.15, -0.1) is 0 Å². The molecule has 1 atom stereocenters. The summed E-state index contributed by atoms with van der Waals surface area (Å²) in [5, 5.41) is 0.795. The molecular formula is C27H26FN5O2. The van der Waals surface area contributed by atoms with E-state index in [1.165, 1.54) is 12.4 Å². The number of amides is 1. The minimum Gasteiger partial charge on any atom is -0.492 e. The molecule has 0 bridgehead atoms. The third-order valence-corrected chi connectivity index (χ3v) is 6.81. The molecule has 35 heavy (non-hydrogen) atoms. The molecule has 1 fully saturated rings. The molecule has 1 amide bonds. The molecule has 3 heterocycles. The summed E-state index contributed by atoms with van der Waals surface area (Å²) in [6.07, 6.45) is 4.42. The second kappa shape index (κ2) is 9.34. The normalized spacial score (nSPS) is 17.5. The van der Waals surface area contributed by atoms with Gasteiger partial charge in [0.15, 0.2) is 0 Å². The number of halogens is 1. The summed E-state index contributed by atoms with van der Waals surface area (Å²) >= 11 is 0. The number of carbonyl (C=O) groups excluding carboxylic acids is 1. The van der Waals surface area contributed by atoms with Crippen LogP contribution in [0.25, 0.3) is 26.9 Å². The van der Waals surface area contributed by atoms with Gasteiger partial charge in [0.2, 0.25) is 12.5 Å². The Morgan fingerprint density at radius 1 is 1.34 bits per heavy atom. The van der Waals surface area contributed by atoms with Crippen LogP contribution in [0, 0.1) is 19.3 Å². The third-order valence-electron chi connectivity index (χ3n) is 6.81. The first kappa shape index (κ1) is 22.8. The summed E-state index contributed by atoms with van der Waals surface area (Å²) < 4.78 is 21.3. The van der Waals surface area contributed by atoms with Crippen molar-refractivity contribution in [3.8, 4) is 16.9 Å². The zero-order valence-corrected chi connectivity index (χ0v) is 19.6. The van der Waals surface area contributed by atoms with Crippen molar-refractivity contribution in [2.24, 2.45) is 0 Å². The number of nitrogens with zero attached hydrogens (tertiary/aromatic N) is 5. The Morgan fingerprint density at radius 3 is 3.00 bits per heavy atom. The molecule has 2 aliphatic heterocycles. The Balaban J connectivity index is 1.64. The lowest BCUT2D eigenvalue weighted by molar-refractivity contribution is -0.128. The molecule has 0 unspecified atom stereocenters. The molecule has 0 radical (unpaired) electrons. The average Bonchev–Trinajstić information content (AvgIpc) is 2.89. The number of aromatic nitrogens is 2. The molecule has 0 aliphatic carbocycles. The molecule has 0 spiro atoms. The Morgan fingerprint density at radius 2 is 2.20 bits per heavy atom. The number of rotatable bonds is 4. The van der Waals surface area contributed by atoms with E-state index in [9.17, 15) is 4.79 Å². The van der Waals surface area contributed by atoms with Gasteiger partial charge in [-0.2, -0.15) is 0 Å². The molecule has 2 aliphatic rings. The number of fused-ring (bicyclic) bond motifs is 3. The second-order valence-corrected chi connectivity index (χ2v) is 8.89. The Kier molecular flexibility index (Phi) is 6.08. The zero-order chi connectivity index (χ0) is 24.5. The first-order valence-electron chi connectivity index (χ1n) is 11.7. The predicted molar refractivity (Wildman–Crippen MR) is 133 cm³/mol. The molecule has 5 rings (SSSR count). The summed E-state index contributed by atoms with van der Waals surface area (Å²) in [5.41, 5.74) is 3.57. The highest BCUT2D eigenvalue weighted by Crippen LogP contribution is 2.44. The summed E-state index contributed by atoms with van der Waals surface area (Å²) in [6, 6.07) is 7.08. The number of ether oxygens (including phenoxy) is 1. The lowest BCUT2D eigenvalue weighted by Gasteiger charge is -2.39. The number of piperazine rings is 1. The van der Waals surface area contributed by atoms with E-state index in [0.29, 0.717) is 54.5 Å². The van der Waals surface area contributed by atoms with Crippen molar-refractivity contribution in [1.29, 1.82) is 0 Å². The van der Waals surface area contributed by atoms with Crippen LogP contribution in [-0.4, -0.2) is 59.6 Å². The maximum Gasteiger partial charge on any atom is 0.246 e. The summed E-state index contributed by atoms with van der Waals surface area (Å²) in [6.45, 7) is 15.0. The molecule has 3 aromatic rings. The molecule has 7 nitrogen and oxygen atoms in total. The fraction of sp³-hybridized carbons (Fsp3) is 0.333. The van der Waals surface area contributed by atoms with Crippen molar-refractivity contribution in [3.63, 3.8) is 0 Å². The van der Waals surface area contributed by atoms with E-state index in [2.05, 4.69) is 26.3 Å². The van der Waals surface area contributed by atoms with Crippen LogP contribution in [0.15, 0.2) is 43.2 Å². The number of aryl methyl sites for hydroxylation is 1. The number of hydrogen-bond donors (Lipinski definition) is 0. The zero-order valence-electron chi connectivity index (χ0n) is 19.6. The van der Waals surface area contributed by atoms with Gasteiger partial charge < -0.3 is 19.4 Å². The van der Waals surface area contributed by atoms with E-state index in [0.717, 1.165) is 29.4 Å². The highest BCUT2D eigenvalue weighted by Gasteiger charge is 2.34. The third kappa shape index (κ3) is 3.97. The predicted octanol–water partition coefficient (Wildman–Crippen LogP) is 4.19. The number of carbonyl (C=O) groups is 1. The lowest BCUT2D eigenvalue weighted by Crippen LogP contribution is -2.56. The first-order chi connectivity index (χ1) is 17.0. The summed E-state index contributed by atoms with van der Waals surface area (Å²) in [5.74, 6) is 1.01.